The molecule has 9 fully saturated rings. The van der Waals surface area contributed by atoms with Gasteiger partial charge in [0.25, 0.3) is 0 Å². The molecule has 0 amide bonds. The van der Waals surface area contributed by atoms with E-state index in [9.17, 15) is 76.6 Å². The minimum atomic E-state index is -1.90. The maximum absolute atomic E-state index is 15.4. The second kappa shape index (κ2) is 24.1. The summed E-state index contributed by atoms with van der Waals surface area (Å²) in [6, 6.07) is 0. The van der Waals surface area contributed by atoms with E-state index >= 15 is 4.79 Å². The van der Waals surface area contributed by atoms with Gasteiger partial charge >= 0.3 is 5.97 Å². The largest absolute Gasteiger partial charge is 0.432 e. The van der Waals surface area contributed by atoms with Crippen molar-refractivity contribution in [3.63, 3.8) is 0 Å². The van der Waals surface area contributed by atoms with E-state index in [1.807, 2.05) is 6.92 Å². The van der Waals surface area contributed by atoms with Crippen molar-refractivity contribution >= 4 is 5.97 Å². The Morgan fingerprint density at radius 3 is 1.79 bits per heavy atom. The standard InChI is InChI=1S/C58H94O26/c1-24-34(64)38(68)42(72)48(77-24)83-46-44(81-47-41(71)35(65)27(62)21-75-47)28(63)22-76-50(46)80-33-11-12-54(4)31(55(33,5)23-61)10-13-57(7)32(54)9-8-25-26-18-53(2,3)14-16-58(26,17-15-56(25,57)6)52(74)84-51-45(40(70)37(67)30(20-60)79-51)82-49-43(73)39(69)36(66)29(19-59)78-49/h8,24,26-51,59-73H,9-23H2,1-7H3. The number of rotatable bonds is 13. The molecule has 26 heteroatoms. The van der Waals surface area contributed by atoms with Crippen molar-refractivity contribution in [2.45, 2.75) is 260 Å². The lowest BCUT2D eigenvalue weighted by Crippen LogP contribution is -2.67. The van der Waals surface area contributed by atoms with Gasteiger partial charge in [-0.25, -0.2) is 0 Å². The summed E-state index contributed by atoms with van der Waals surface area (Å²) in [4.78, 5) is 15.4. The van der Waals surface area contributed by atoms with Crippen molar-refractivity contribution < 1.29 is 129 Å². The van der Waals surface area contributed by atoms with Crippen LogP contribution in [0.1, 0.15) is 113 Å². The zero-order valence-corrected chi connectivity index (χ0v) is 49.0. The quantitative estimate of drug-likeness (QED) is 0.0499. The van der Waals surface area contributed by atoms with Gasteiger partial charge in [-0.1, -0.05) is 53.2 Å². The zero-order chi connectivity index (χ0) is 61.1. The Balaban J connectivity index is 0.911. The third-order valence-corrected chi connectivity index (χ3v) is 22.9. The molecule has 5 aliphatic heterocycles. The van der Waals surface area contributed by atoms with Gasteiger partial charge in [-0.3, -0.25) is 4.79 Å². The fraction of sp³-hybridized carbons (Fsp3) is 0.948. The number of aliphatic hydroxyl groups is 15. The maximum Gasteiger partial charge on any atom is 0.315 e. The number of carbonyl (C=O) groups excluding carboxylic acids is 1. The number of ether oxygens (including phenoxy) is 10. The second-order valence-electron chi connectivity index (χ2n) is 28.0. The van der Waals surface area contributed by atoms with Crippen molar-refractivity contribution in [1.82, 2.24) is 0 Å². The van der Waals surface area contributed by atoms with Gasteiger partial charge < -0.3 is 124 Å². The number of carbonyl (C=O) groups is 1. The molecule has 10 rings (SSSR count). The van der Waals surface area contributed by atoms with Gasteiger partial charge in [0.05, 0.1) is 50.7 Å². The van der Waals surface area contributed by atoms with E-state index in [0.717, 1.165) is 12.0 Å². The molecule has 0 spiro atoms. The molecule has 5 aliphatic carbocycles. The summed E-state index contributed by atoms with van der Waals surface area (Å²) in [5, 5.41) is 162. The highest BCUT2D eigenvalue weighted by Crippen LogP contribution is 2.76. The van der Waals surface area contributed by atoms with Crippen molar-refractivity contribution in [2.24, 2.45) is 50.2 Å². The van der Waals surface area contributed by atoms with E-state index in [2.05, 4.69) is 40.7 Å². The van der Waals surface area contributed by atoms with Crippen LogP contribution in [-0.4, -0.2) is 263 Å². The Labute approximate surface area is 488 Å². The molecule has 0 bridgehead atoms. The molecule has 4 saturated carbocycles. The molecule has 84 heavy (non-hydrogen) atoms. The number of hydrogen-bond acceptors (Lipinski definition) is 26. The van der Waals surface area contributed by atoms with Gasteiger partial charge in [-0.2, -0.15) is 0 Å². The minimum absolute atomic E-state index is 0.0686. The molecule has 5 saturated heterocycles. The first kappa shape index (κ1) is 65.2. The van der Waals surface area contributed by atoms with Gasteiger partial charge in [0.2, 0.25) is 6.29 Å². The summed E-state index contributed by atoms with van der Waals surface area (Å²) in [5.74, 6) is -1.02. The van der Waals surface area contributed by atoms with Gasteiger partial charge in [-0.15, -0.1) is 0 Å². The number of fused-ring (bicyclic) bond motifs is 7. The summed E-state index contributed by atoms with van der Waals surface area (Å²) in [6.45, 7) is 12.2. The molecular weight excluding hydrogens is 1110 g/mol. The van der Waals surface area contributed by atoms with E-state index in [4.69, 9.17) is 47.4 Å². The van der Waals surface area contributed by atoms with Crippen LogP contribution in [0, 0.1) is 50.2 Å². The van der Waals surface area contributed by atoms with Crippen LogP contribution < -0.4 is 0 Å². The van der Waals surface area contributed by atoms with Crippen molar-refractivity contribution in [1.29, 1.82) is 0 Å². The molecule has 5 heterocycles. The maximum atomic E-state index is 15.4. The Hall–Kier alpha value is -1.75. The lowest BCUT2D eigenvalue weighted by atomic mass is 9.33. The van der Waals surface area contributed by atoms with E-state index in [-0.39, 0.29) is 41.8 Å². The third-order valence-electron chi connectivity index (χ3n) is 22.9. The van der Waals surface area contributed by atoms with E-state index in [1.54, 1.807) is 0 Å². The lowest BCUT2D eigenvalue weighted by molar-refractivity contribution is -0.384. The van der Waals surface area contributed by atoms with Crippen molar-refractivity contribution in [3.8, 4) is 0 Å². The predicted molar refractivity (Wildman–Crippen MR) is 283 cm³/mol. The number of esters is 1. The lowest BCUT2D eigenvalue weighted by Gasteiger charge is -2.71. The topological polar surface area (TPSA) is 413 Å². The summed E-state index contributed by atoms with van der Waals surface area (Å²) < 4.78 is 60.9. The Kier molecular flexibility index (Phi) is 18.7. The molecule has 482 valence electrons. The zero-order valence-electron chi connectivity index (χ0n) is 49.0. The van der Waals surface area contributed by atoms with Crippen LogP contribution in [-0.2, 0) is 52.2 Å². The summed E-state index contributed by atoms with van der Waals surface area (Å²) in [5.41, 5.74) is -2.25. The summed E-state index contributed by atoms with van der Waals surface area (Å²) in [6.07, 6.45) is -29.6. The molecule has 10 aliphatic rings. The van der Waals surface area contributed by atoms with E-state index in [1.165, 1.54) is 6.92 Å². The van der Waals surface area contributed by atoms with Crippen LogP contribution in [0.2, 0.25) is 0 Å². The van der Waals surface area contributed by atoms with E-state index < -0.39 is 195 Å². The monoisotopic (exact) mass is 1210 g/mol. The molecule has 0 radical (unpaired) electrons. The van der Waals surface area contributed by atoms with Crippen molar-refractivity contribution in [2.75, 3.05) is 33.0 Å². The van der Waals surface area contributed by atoms with Crippen LogP contribution in [0.5, 0.6) is 0 Å². The van der Waals surface area contributed by atoms with Crippen LogP contribution in [0.15, 0.2) is 11.6 Å². The third kappa shape index (κ3) is 10.8. The fourth-order valence-corrected chi connectivity index (χ4v) is 17.4. The Morgan fingerprint density at radius 2 is 1.12 bits per heavy atom. The van der Waals surface area contributed by atoms with Crippen LogP contribution in [0.25, 0.3) is 0 Å². The summed E-state index contributed by atoms with van der Waals surface area (Å²) in [7, 11) is 0. The predicted octanol–water partition coefficient (Wildman–Crippen LogP) is -2.93. The van der Waals surface area contributed by atoms with Crippen LogP contribution in [0.3, 0.4) is 0 Å². The SMILES string of the molecule is CC1OC(OC2C(OC3CCC4(C)C(CCC5(C)C4CC=C4C6CC(C)(C)CCC6(C(=O)OC6OC(CO)C(O)C(O)C6OC6OC(CO)C(O)C(O)C6O)CCC45C)C3(C)CO)OCC(O)C2OC2OCC(O)C(O)C2O)C(O)C(O)C1O. The van der Waals surface area contributed by atoms with Gasteiger partial charge in [-0.05, 0) is 111 Å². The highest BCUT2D eigenvalue weighted by atomic mass is 16.8. The average molecular weight is 1210 g/mol. The molecule has 15 N–H and O–H groups in total. The van der Waals surface area contributed by atoms with Gasteiger partial charge in [0.1, 0.15) is 97.7 Å². The highest BCUT2D eigenvalue weighted by molar-refractivity contribution is 5.79. The number of allylic oxidation sites excluding steroid dienone is 2. The molecule has 0 aromatic carbocycles. The number of aliphatic hydroxyl groups excluding tert-OH is 15. The molecule has 0 aromatic rings. The molecule has 32 atom stereocenters. The normalized spacial score (nSPS) is 54.9. The first-order chi connectivity index (χ1) is 39.4. The molecule has 32 unspecified atom stereocenters. The van der Waals surface area contributed by atoms with Crippen molar-refractivity contribution in [3.05, 3.63) is 11.6 Å². The van der Waals surface area contributed by atoms with Gasteiger partial charge in [0, 0.05) is 5.41 Å². The Morgan fingerprint density at radius 1 is 0.548 bits per heavy atom. The van der Waals surface area contributed by atoms with Gasteiger partial charge in [0.15, 0.2) is 31.3 Å². The fourth-order valence-electron chi connectivity index (χ4n) is 17.4. The summed E-state index contributed by atoms with van der Waals surface area (Å²) >= 11 is 0. The minimum Gasteiger partial charge on any atom is -0.432 e. The molecular formula is C58H94O26. The highest BCUT2D eigenvalue weighted by Gasteiger charge is 2.71. The van der Waals surface area contributed by atoms with Crippen LogP contribution >= 0.6 is 0 Å². The number of hydrogen-bond donors (Lipinski definition) is 15. The Bertz CT molecular complexity index is 2330. The first-order valence-electron chi connectivity index (χ1n) is 30.2. The average Bonchev–Trinajstić information content (AvgIpc) is 0.692. The molecule has 0 aromatic heterocycles. The van der Waals surface area contributed by atoms with E-state index in [0.29, 0.717) is 57.8 Å². The van der Waals surface area contributed by atoms with Crippen LogP contribution in [0.4, 0.5) is 0 Å². The molecule has 26 nitrogen and oxygen atoms in total. The second-order valence-corrected chi connectivity index (χ2v) is 28.0. The smallest absolute Gasteiger partial charge is 0.315 e. The first-order valence-corrected chi connectivity index (χ1v) is 30.2.